The van der Waals surface area contributed by atoms with Crippen molar-refractivity contribution in [3.05, 3.63) is 52.6 Å². The number of carbonyl (C=O) groups is 1. The Morgan fingerprint density at radius 2 is 1.97 bits per heavy atom. The standard InChI is InChI=1S/C23H31FN4O/c1-2-28-21-11-10-19(25-13-12-17-6-8-18(24)9-7-17)16-20(21)22(26-28)23(29)27-14-4-3-5-15-27/h6-9,19,25H,2-5,10-16H2,1H3/t19-/m1/s1. The van der Waals surface area contributed by atoms with Crippen molar-refractivity contribution < 1.29 is 9.18 Å². The predicted octanol–water partition coefficient (Wildman–Crippen LogP) is 3.36. The number of piperidine rings is 1. The number of fused-ring (bicyclic) bond motifs is 1. The number of benzene rings is 1. The second kappa shape index (κ2) is 9.08. The Hall–Kier alpha value is -2.21. The molecular formula is C23H31FN4O. The summed E-state index contributed by atoms with van der Waals surface area (Å²) in [5.41, 5.74) is 4.20. The van der Waals surface area contributed by atoms with Gasteiger partial charge in [0.25, 0.3) is 5.91 Å². The van der Waals surface area contributed by atoms with Gasteiger partial charge >= 0.3 is 0 Å². The minimum absolute atomic E-state index is 0.111. The summed E-state index contributed by atoms with van der Waals surface area (Å²) in [5, 5.41) is 8.36. The van der Waals surface area contributed by atoms with Gasteiger partial charge in [0.1, 0.15) is 5.82 Å². The highest BCUT2D eigenvalue weighted by atomic mass is 19.1. The topological polar surface area (TPSA) is 50.2 Å². The average Bonchev–Trinajstić information content (AvgIpc) is 3.13. The van der Waals surface area contributed by atoms with Crippen molar-refractivity contribution in [1.82, 2.24) is 20.0 Å². The molecule has 1 aromatic heterocycles. The van der Waals surface area contributed by atoms with Crippen LogP contribution in [0.1, 0.15) is 59.9 Å². The van der Waals surface area contributed by atoms with E-state index in [9.17, 15) is 9.18 Å². The van der Waals surface area contributed by atoms with Crippen molar-refractivity contribution in [2.75, 3.05) is 19.6 Å². The molecule has 0 bridgehead atoms. The number of rotatable bonds is 6. The third kappa shape index (κ3) is 4.53. The third-order valence-corrected chi connectivity index (χ3v) is 6.25. The summed E-state index contributed by atoms with van der Waals surface area (Å²) in [5.74, 6) is -0.0829. The Morgan fingerprint density at radius 3 is 2.69 bits per heavy atom. The van der Waals surface area contributed by atoms with Crippen LogP contribution in [0.25, 0.3) is 0 Å². The van der Waals surface area contributed by atoms with Crippen molar-refractivity contribution in [3.8, 4) is 0 Å². The Bertz CT molecular complexity index is 839. The van der Waals surface area contributed by atoms with Crippen molar-refractivity contribution in [3.63, 3.8) is 0 Å². The fourth-order valence-corrected chi connectivity index (χ4v) is 4.61. The molecule has 4 rings (SSSR count). The van der Waals surface area contributed by atoms with Crippen molar-refractivity contribution >= 4 is 5.91 Å². The zero-order valence-electron chi connectivity index (χ0n) is 17.3. The molecule has 2 heterocycles. The number of nitrogens with zero attached hydrogens (tertiary/aromatic N) is 3. The monoisotopic (exact) mass is 398 g/mol. The van der Waals surface area contributed by atoms with Gasteiger partial charge in [-0.15, -0.1) is 0 Å². The van der Waals surface area contributed by atoms with E-state index in [0.29, 0.717) is 11.7 Å². The molecule has 1 amide bonds. The number of aromatic nitrogens is 2. The van der Waals surface area contributed by atoms with Gasteiger partial charge in [-0.05, 0) is 76.1 Å². The molecule has 29 heavy (non-hydrogen) atoms. The average molecular weight is 399 g/mol. The van der Waals surface area contributed by atoms with Crippen LogP contribution in [0.5, 0.6) is 0 Å². The highest BCUT2D eigenvalue weighted by Gasteiger charge is 2.31. The SMILES string of the molecule is CCn1nc(C(=O)N2CCCCC2)c2c1CC[C@@H](NCCc1ccc(F)cc1)C2. The van der Waals surface area contributed by atoms with Gasteiger partial charge in [-0.2, -0.15) is 5.10 Å². The van der Waals surface area contributed by atoms with Crippen LogP contribution < -0.4 is 5.32 Å². The Labute approximate surface area is 172 Å². The second-order valence-corrected chi connectivity index (χ2v) is 8.21. The summed E-state index contributed by atoms with van der Waals surface area (Å²) in [6, 6.07) is 7.07. The molecule has 2 aliphatic rings. The van der Waals surface area contributed by atoms with Crippen molar-refractivity contribution in [2.24, 2.45) is 0 Å². The lowest BCUT2D eigenvalue weighted by Gasteiger charge is -2.27. The van der Waals surface area contributed by atoms with Crippen LogP contribution in [-0.4, -0.2) is 46.3 Å². The lowest BCUT2D eigenvalue weighted by molar-refractivity contribution is 0.0716. The normalized spacial score (nSPS) is 19.2. The number of hydrogen-bond acceptors (Lipinski definition) is 3. The summed E-state index contributed by atoms with van der Waals surface area (Å²) >= 11 is 0. The molecule has 1 fully saturated rings. The summed E-state index contributed by atoms with van der Waals surface area (Å²) in [6.07, 6.45) is 7.14. The minimum Gasteiger partial charge on any atom is -0.337 e. The maximum atomic E-state index is 13.1. The van der Waals surface area contributed by atoms with E-state index in [1.807, 2.05) is 21.7 Å². The van der Waals surface area contributed by atoms with E-state index in [1.165, 1.54) is 24.2 Å². The van der Waals surface area contributed by atoms with Crippen LogP contribution in [0.15, 0.2) is 24.3 Å². The third-order valence-electron chi connectivity index (χ3n) is 6.25. The van der Waals surface area contributed by atoms with Gasteiger partial charge in [-0.1, -0.05) is 12.1 Å². The van der Waals surface area contributed by atoms with Gasteiger partial charge in [-0.3, -0.25) is 9.48 Å². The lowest BCUT2D eigenvalue weighted by atomic mass is 9.90. The molecule has 2 aromatic rings. The predicted molar refractivity (Wildman–Crippen MR) is 112 cm³/mol. The second-order valence-electron chi connectivity index (χ2n) is 8.21. The first-order valence-corrected chi connectivity index (χ1v) is 11.0. The van der Waals surface area contributed by atoms with Crippen LogP contribution in [0.3, 0.4) is 0 Å². The Morgan fingerprint density at radius 1 is 1.21 bits per heavy atom. The number of likely N-dealkylation sites (tertiary alicyclic amines) is 1. The first-order chi connectivity index (χ1) is 14.2. The van der Waals surface area contributed by atoms with E-state index in [2.05, 4.69) is 12.2 Å². The van der Waals surface area contributed by atoms with E-state index in [4.69, 9.17) is 5.10 Å². The Kier molecular flexibility index (Phi) is 6.28. The van der Waals surface area contributed by atoms with E-state index in [0.717, 1.165) is 75.8 Å². The molecule has 0 unspecified atom stereocenters. The zero-order valence-corrected chi connectivity index (χ0v) is 17.3. The van der Waals surface area contributed by atoms with E-state index >= 15 is 0 Å². The van der Waals surface area contributed by atoms with Crippen LogP contribution in [0.2, 0.25) is 0 Å². The van der Waals surface area contributed by atoms with Gasteiger partial charge in [0.15, 0.2) is 5.69 Å². The molecule has 6 heteroatoms. The van der Waals surface area contributed by atoms with Gasteiger partial charge in [0.2, 0.25) is 0 Å². The highest BCUT2D eigenvalue weighted by Crippen LogP contribution is 2.26. The molecule has 5 nitrogen and oxygen atoms in total. The number of aryl methyl sites for hydroxylation is 1. The quantitative estimate of drug-likeness (QED) is 0.812. The first-order valence-electron chi connectivity index (χ1n) is 11.0. The van der Waals surface area contributed by atoms with Gasteiger partial charge in [0, 0.05) is 36.9 Å². The number of carbonyl (C=O) groups excluding carboxylic acids is 1. The van der Waals surface area contributed by atoms with Gasteiger partial charge in [-0.25, -0.2) is 4.39 Å². The molecule has 1 saturated heterocycles. The fraction of sp³-hybridized carbons (Fsp3) is 0.565. The van der Waals surface area contributed by atoms with Gasteiger partial charge in [0.05, 0.1) is 0 Å². The molecule has 1 atom stereocenters. The molecule has 156 valence electrons. The van der Waals surface area contributed by atoms with Crippen LogP contribution >= 0.6 is 0 Å². The minimum atomic E-state index is -0.194. The maximum absolute atomic E-state index is 13.1. The smallest absolute Gasteiger partial charge is 0.274 e. The van der Waals surface area contributed by atoms with Crippen molar-refractivity contribution in [1.29, 1.82) is 0 Å². The number of hydrogen-bond donors (Lipinski definition) is 1. The molecule has 0 radical (unpaired) electrons. The first kappa shape index (κ1) is 20.1. The molecule has 1 aliphatic heterocycles. The molecule has 1 aliphatic carbocycles. The zero-order chi connectivity index (χ0) is 20.2. The fourth-order valence-electron chi connectivity index (χ4n) is 4.61. The molecule has 0 spiro atoms. The summed E-state index contributed by atoms with van der Waals surface area (Å²) in [6.45, 7) is 5.45. The number of amides is 1. The maximum Gasteiger partial charge on any atom is 0.274 e. The summed E-state index contributed by atoms with van der Waals surface area (Å²) < 4.78 is 15.1. The van der Waals surface area contributed by atoms with Crippen LogP contribution in [0, 0.1) is 5.82 Å². The van der Waals surface area contributed by atoms with Crippen molar-refractivity contribution in [2.45, 2.75) is 64.5 Å². The highest BCUT2D eigenvalue weighted by molar-refractivity contribution is 5.94. The number of halogens is 1. The van der Waals surface area contributed by atoms with Gasteiger partial charge < -0.3 is 10.2 Å². The Balaban J connectivity index is 1.42. The largest absolute Gasteiger partial charge is 0.337 e. The molecule has 1 aromatic carbocycles. The van der Waals surface area contributed by atoms with Crippen LogP contribution in [-0.2, 0) is 25.8 Å². The number of nitrogens with one attached hydrogen (secondary N) is 1. The molecule has 1 N–H and O–H groups in total. The van der Waals surface area contributed by atoms with Crippen LogP contribution in [0.4, 0.5) is 4.39 Å². The van der Waals surface area contributed by atoms with E-state index in [-0.39, 0.29) is 11.7 Å². The lowest BCUT2D eigenvalue weighted by Crippen LogP contribution is -2.38. The summed E-state index contributed by atoms with van der Waals surface area (Å²) in [4.78, 5) is 15.1. The van der Waals surface area contributed by atoms with E-state index < -0.39 is 0 Å². The summed E-state index contributed by atoms with van der Waals surface area (Å²) in [7, 11) is 0. The molecular weight excluding hydrogens is 367 g/mol. The van der Waals surface area contributed by atoms with E-state index in [1.54, 1.807) is 0 Å². The molecule has 0 saturated carbocycles.